The van der Waals surface area contributed by atoms with Crippen molar-refractivity contribution in [1.29, 1.82) is 0 Å². The van der Waals surface area contributed by atoms with E-state index in [0.29, 0.717) is 0 Å². The lowest BCUT2D eigenvalue weighted by Crippen LogP contribution is -2.43. The number of hydrogen-bond acceptors (Lipinski definition) is 3. The summed E-state index contributed by atoms with van der Waals surface area (Å²) >= 11 is 0. The van der Waals surface area contributed by atoms with E-state index in [1.807, 2.05) is 0 Å². The molecule has 0 radical (unpaired) electrons. The van der Waals surface area contributed by atoms with Gasteiger partial charge < -0.3 is 5.73 Å². The number of nitrogens with two attached hydrogens (primary N) is 1. The highest BCUT2D eigenvalue weighted by atomic mass is 16.2. The van der Waals surface area contributed by atoms with E-state index < -0.39 is 5.91 Å². The van der Waals surface area contributed by atoms with Crippen LogP contribution < -0.4 is 11.2 Å². The second-order valence-corrected chi connectivity index (χ2v) is 2.00. The van der Waals surface area contributed by atoms with Crippen LogP contribution in [0.25, 0.3) is 0 Å². The van der Waals surface area contributed by atoms with Gasteiger partial charge >= 0.3 is 0 Å². The maximum atomic E-state index is 10.6. The van der Waals surface area contributed by atoms with Gasteiger partial charge in [0.2, 0.25) is 5.91 Å². The third-order valence-corrected chi connectivity index (χ3v) is 0.879. The zero-order valence-corrected chi connectivity index (χ0v) is 6.33. The van der Waals surface area contributed by atoms with Crippen LogP contribution in [-0.2, 0) is 9.59 Å². The molecule has 0 aliphatic heterocycles. The summed E-state index contributed by atoms with van der Waals surface area (Å²) in [4.78, 5) is 20.9. The number of hydrazine groups is 1. The minimum absolute atomic E-state index is 0.0143. The van der Waals surface area contributed by atoms with Crippen molar-refractivity contribution in [2.24, 2.45) is 5.73 Å². The van der Waals surface area contributed by atoms with Crippen LogP contribution in [0.4, 0.5) is 0 Å². The fourth-order valence-electron chi connectivity index (χ4n) is 0.507. The topological polar surface area (TPSA) is 75.4 Å². The molecular weight excluding hydrogens is 146 g/mol. The molecule has 0 aliphatic rings. The average molecular weight is 157 g/mol. The quantitative estimate of drug-likeness (QED) is 0.390. The van der Waals surface area contributed by atoms with Crippen molar-refractivity contribution >= 4 is 11.8 Å². The Kier molecular flexibility index (Phi) is 3.90. The summed E-state index contributed by atoms with van der Waals surface area (Å²) in [5.41, 5.74) is 7.19. The van der Waals surface area contributed by atoms with Crippen molar-refractivity contribution in [2.75, 3.05) is 13.6 Å². The van der Waals surface area contributed by atoms with Crippen LogP contribution in [0.15, 0.2) is 12.7 Å². The molecule has 0 saturated carbocycles. The summed E-state index contributed by atoms with van der Waals surface area (Å²) in [6, 6.07) is 0. The van der Waals surface area contributed by atoms with Crippen molar-refractivity contribution in [3.05, 3.63) is 12.7 Å². The van der Waals surface area contributed by atoms with E-state index in [4.69, 9.17) is 5.73 Å². The van der Waals surface area contributed by atoms with Crippen molar-refractivity contribution in [3.8, 4) is 0 Å². The first kappa shape index (κ1) is 9.64. The maximum Gasteiger partial charge on any atom is 0.257 e. The smallest absolute Gasteiger partial charge is 0.257 e. The van der Waals surface area contributed by atoms with E-state index in [1.54, 1.807) is 0 Å². The first-order valence-corrected chi connectivity index (χ1v) is 2.98. The van der Waals surface area contributed by atoms with E-state index in [-0.39, 0.29) is 12.5 Å². The molecule has 0 heterocycles. The minimum atomic E-state index is -0.503. The second-order valence-electron chi connectivity index (χ2n) is 2.00. The van der Waals surface area contributed by atoms with Crippen molar-refractivity contribution < 1.29 is 9.59 Å². The Balaban J connectivity index is 3.68. The monoisotopic (exact) mass is 157 g/mol. The molecule has 62 valence electrons. The lowest BCUT2D eigenvalue weighted by molar-refractivity contribution is -0.123. The Morgan fingerprint density at radius 2 is 2.27 bits per heavy atom. The molecule has 0 fully saturated rings. The van der Waals surface area contributed by atoms with E-state index in [2.05, 4.69) is 12.0 Å². The molecule has 0 unspecified atom stereocenters. The van der Waals surface area contributed by atoms with Crippen LogP contribution in [0, 0.1) is 0 Å². The third-order valence-electron chi connectivity index (χ3n) is 0.879. The molecule has 3 N–H and O–H groups in total. The number of likely N-dealkylation sites (N-methyl/N-ethyl adjacent to an activating group) is 1. The predicted molar refractivity (Wildman–Crippen MR) is 40.2 cm³/mol. The van der Waals surface area contributed by atoms with E-state index >= 15 is 0 Å². The fraction of sp³-hybridized carbons (Fsp3) is 0.333. The Morgan fingerprint density at radius 3 is 2.64 bits per heavy atom. The number of nitrogens with zero attached hydrogens (tertiary/aromatic N) is 1. The number of primary amides is 1. The highest BCUT2D eigenvalue weighted by Gasteiger charge is 2.02. The Labute approximate surface area is 64.8 Å². The van der Waals surface area contributed by atoms with Crippen LogP contribution in [0.1, 0.15) is 0 Å². The molecule has 0 aromatic heterocycles. The summed E-state index contributed by atoms with van der Waals surface area (Å²) < 4.78 is 0. The maximum absolute atomic E-state index is 10.6. The normalized spacial score (nSPS) is 9.27. The molecule has 2 amide bonds. The summed E-state index contributed by atoms with van der Waals surface area (Å²) in [5, 5.41) is 1.28. The lowest BCUT2D eigenvalue weighted by atomic mass is 10.6. The van der Waals surface area contributed by atoms with Gasteiger partial charge in [-0.15, -0.1) is 0 Å². The molecule has 0 aromatic rings. The Hall–Kier alpha value is -1.36. The van der Waals surface area contributed by atoms with Gasteiger partial charge in [0.15, 0.2) is 0 Å². The van der Waals surface area contributed by atoms with E-state index in [9.17, 15) is 9.59 Å². The number of hydrogen-bond donors (Lipinski definition) is 2. The van der Waals surface area contributed by atoms with Gasteiger partial charge in [0.1, 0.15) is 0 Å². The minimum Gasteiger partial charge on any atom is -0.368 e. The molecule has 5 nitrogen and oxygen atoms in total. The van der Waals surface area contributed by atoms with Gasteiger partial charge in [0.25, 0.3) is 5.91 Å². The number of rotatable bonds is 4. The summed E-state index contributed by atoms with van der Waals surface area (Å²) in [6.07, 6.45) is 1.11. The summed E-state index contributed by atoms with van der Waals surface area (Å²) in [7, 11) is 1.53. The van der Waals surface area contributed by atoms with Crippen LogP contribution >= 0.6 is 0 Å². The third kappa shape index (κ3) is 5.10. The molecule has 5 heteroatoms. The van der Waals surface area contributed by atoms with Crippen LogP contribution in [0.3, 0.4) is 0 Å². The average Bonchev–Trinajstić information content (AvgIpc) is 1.85. The molecule has 0 rings (SSSR count). The first-order valence-electron chi connectivity index (χ1n) is 2.98. The molecular formula is C6H11N3O2. The number of carbonyl (C=O) groups excluding carboxylic acids is 2. The Morgan fingerprint density at radius 1 is 1.73 bits per heavy atom. The van der Waals surface area contributed by atoms with E-state index in [1.165, 1.54) is 12.1 Å². The van der Waals surface area contributed by atoms with E-state index in [0.717, 1.165) is 6.08 Å². The fourth-order valence-corrected chi connectivity index (χ4v) is 0.507. The molecule has 0 saturated heterocycles. The van der Waals surface area contributed by atoms with Gasteiger partial charge in [-0.3, -0.25) is 15.0 Å². The van der Waals surface area contributed by atoms with Gasteiger partial charge in [-0.25, -0.2) is 5.01 Å². The van der Waals surface area contributed by atoms with Gasteiger partial charge in [-0.1, -0.05) is 6.58 Å². The van der Waals surface area contributed by atoms with Gasteiger partial charge in [-0.2, -0.15) is 0 Å². The molecule has 0 atom stereocenters. The summed E-state index contributed by atoms with van der Waals surface area (Å²) in [5.74, 6) is -0.870. The lowest BCUT2D eigenvalue weighted by Gasteiger charge is -2.13. The van der Waals surface area contributed by atoms with Crippen LogP contribution in [0.2, 0.25) is 0 Å². The van der Waals surface area contributed by atoms with Crippen LogP contribution in [0.5, 0.6) is 0 Å². The molecule has 0 bridgehead atoms. The standard InChI is InChI=1S/C6H11N3O2/c1-3-6(11)8-9(2)4-5(7)10/h3H,1,4H2,2H3,(H2,7,10)(H,8,11). The number of nitrogens with one attached hydrogen (secondary N) is 1. The second kappa shape index (κ2) is 4.45. The van der Waals surface area contributed by atoms with Gasteiger partial charge in [0.05, 0.1) is 6.54 Å². The van der Waals surface area contributed by atoms with Crippen molar-refractivity contribution in [1.82, 2.24) is 10.4 Å². The first-order chi connectivity index (χ1) is 5.06. The van der Waals surface area contributed by atoms with Crippen molar-refractivity contribution in [3.63, 3.8) is 0 Å². The zero-order chi connectivity index (χ0) is 8.85. The zero-order valence-electron chi connectivity index (χ0n) is 6.33. The molecule has 0 aromatic carbocycles. The number of carbonyl (C=O) groups is 2. The largest absolute Gasteiger partial charge is 0.368 e. The highest BCUT2D eigenvalue weighted by Crippen LogP contribution is 1.74. The highest BCUT2D eigenvalue weighted by molar-refractivity contribution is 5.86. The molecule has 0 spiro atoms. The predicted octanol–water partition coefficient (Wildman–Crippen LogP) is -1.38. The number of amides is 2. The summed E-state index contributed by atoms with van der Waals surface area (Å²) in [6.45, 7) is 3.22. The molecule has 11 heavy (non-hydrogen) atoms. The van der Waals surface area contributed by atoms with Crippen molar-refractivity contribution in [2.45, 2.75) is 0 Å². The SMILES string of the molecule is C=CC(=O)NN(C)CC(N)=O. The van der Waals surface area contributed by atoms with Crippen LogP contribution in [-0.4, -0.2) is 30.4 Å². The Bertz CT molecular complexity index is 179. The molecule has 0 aliphatic carbocycles. The van der Waals surface area contributed by atoms with Gasteiger partial charge in [0, 0.05) is 7.05 Å². The van der Waals surface area contributed by atoms with Gasteiger partial charge in [-0.05, 0) is 6.08 Å².